The van der Waals surface area contributed by atoms with E-state index in [4.69, 9.17) is 9.84 Å². The molecule has 0 saturated heterocycles. The zero-order chi connectivity index (χ0) is 23.8. The van der Waals surface area contributed by atoms with E-state index in [2.05, 4.69) is 34.9 Å². The number of carbonyl (C=O) groups excluding carboxylic acids is 2. The number of hydrogen-bond donors (Lipinski definition) is 3. The topological polar surface area (TPSA) is 105 Å². The first kappa shape index (κ1) is 24.3. The first-order valence-corrected chi connectivity index (χ1v) is 11.5. The smallest absolute Gasteiger partial charge is 0.407 e. The summed E-state index contributed by atoms with van der Waals surface area (Å²) in [5, 5.41) is 14.4. The Morgan fingerprint density at radius 3 is 2.15 bits per heavy atom. The number of hydrogen-bond acceptors (Lipinski definition) is 4. The van der Waals surface area contributed by atoms with E-state index in [9.17, 15) is 14.4 Å². The molecule has 3 rings (SSSR count). The molecule has 7 nitrogen and oxygen atoms in total. The molecule has 33 heavy (non-hydrogen) atoms. The van der Waals surface area contributed by atoms with Gasteiger partial charge in [-0.3, -0.25) is 9.59 Å². The van der Waals surface area contributed by atoms with Gasteiger partial charge in [-0.1, -0.05) is 68.8 Å². The minimum absolute atomic E-state index is 0.00325. The summed E-state index contributed by atoms with van der Waals surface area (Å²) in [5.74, 6) is -1.66. The van der Waals surface area contributed by atoms with Crippen molar-refractivity contribution in [2.24, 2.45) is 11.8 Å². The number of rotatable bonds is 11. The Balaban J connectivity index is 1.52. The minimum Gasteiger partial charge on any atom is -0.481 e. The highest BCUT2D eigenvalue weighted by Gasteiger charge is 2.29. The molecule has 7 heteroatoms. The van der Waals surface area contributed by atoms with Crippen molar-refractivity contribution in [3.63, 3.8) is 0 Å². The van der Waals surface area contributed by atoms with Crippen molar-refractivity contribution in [3.8, 4) is 11.1 Å². The quantitative estimate of drug-likeness (QED) is 0.475. The highest BCUT2D eigenvalue weighted by atomic mass is 16.5. The maximum Gasteiger partial charge on any atom is 0.407 e. The molecule has 0 aromatic heterocycles. The molecular formula is C26H32N2O5. The van der Waals surface area contributed by atoms with Gasteiger partial charge in [0.15, 0.2) is 0 Å². The fourth-order valence-electron chi connectivity index (χ4n) is 4.32. The second-order valence-electron chi connectivity index (χ2n) is 8.64. The van der Waals surface area contributed by atoms with Gasteiger partial charge in [0.1, 0.15) is 6.61 Å². The van der Waals surface area contributed by atoms with Gasteiger partial charge in [0.2, 0.25) is 5.91 Å². The number of carbonyl (C=O) groups is 3. The van der Waals surface area contributed by atoms with Crippen LogP contribution in [0.25, 0.3) is 11.1 Å². The van der Waals surface area contributed by atoms with Crippen molar-refractivity contribution in [1.82, 2.24) is 10.6 Å². The highest BCUT2D eigenvalue weighted by Crippen LogP contribution is 2.44. The molecule has 0 heterocycles. The summed E-state index contributed by atoms with van der Waals surface area (Å²) < 4.78 is 5.54. The van der Waals surface area contributed by atoms with Gasteiger partial charge in [0, 0.05) is 25.4 Å². The molecule has 2 unspecified atom stereocenters. The molecule has 0 saturated carbocycles. The van der Waals surface area contributed by atoms with Crippen molar-refractivity contribution in [2.45, 2.75) is 39.0 Å². The lowest BCUT2D eigenvalue weighted by molar-refractivity contribution is -0.138. The third-order valence-corrected chi connectivity index (χ3v) is 5.99. The third-order valence-electron chi connectivity index (χ3n) is 5.99. The van der Waals surface area contributed by atoms with Gasteiger partial charge < -0.3 is 20.5 Å². The second-order valence-corrected chi connectivity index (χ2v) is 8.64. The van der Waals surface area contributed by atoms with E-state index in [-0.39, 0.29) is 43.9 Å². The molecule has 2 amide bonds. The maximum atomic E-state index is 12.5. The van der Waals surface area contributed by atoms with Crippen LogP contribution in [-0.4, -0.2) is 42.8 Å². The molecular weight excluding hydrogens is 420 g/mol. The Kier molecular flexibility index (Phi) is 8.46. The van der Waals surface area contributed by atoms with Crippen molar-refractivity contribution in [3.05, 3.63) is 59.7 Å². The number of nitrogens with one attached hydrogen (secondary N) is 2. The van der Waals surface area contributed by atoms with Crippen LogP contribution in [0.15, 0.2) is 48.5 Å². The highest BCUT2D eigenvalue weighted by molar-refractivity contribution is 5.80. The number of alkyl carbamates (subject to hydrolysis) is 1. The number of ether oxygens (including phenoxy) is 1. The maximum absolute atomic E-state index is 12.5. The Morgan fingerprint density at radius 1 is 0.970 bits per heavy atom. The van der Waals surface area contributed by atoms with Crippen LogP contribution in [-0.2, 0) is 14.3 Å². The second kappa shape index (κ2) is 11.5. The lowest BCUT2D eigenvalue weighted by Gasteiger charge is -2.19. The van der Waals surface area contributed by atoms with E-state index in [1.807, 2.05) is 31.2 Å². The zero-order valence-electron chi connectivity index (χ0n) is 19.2. The number of amides is 2. The number of carboxylic acids is 1. The first-order valence-electron chi connectivity index (χ1n) is 11.5. The summed E-state index contributed by atoms with van der Waals surface area (Å²) in [4.78, 5) is 35.7. The fraction of sp³-hybridized carbons (Fsp3) is 0.423. The van der Waals surface area contributed by atoms with E-state index in [0.29, 0.717) is 6.42 Å². The molecule has 1 aliphatic carbocycles. The third kappa shape index (κ3) is 6.34. The Bertz CT molecular complexity index is 945. The van der Waals surface area contributed by atoms with E-state index in [0.717, 1.165) is 17.5 Å². The molecule has 176 valence electrons. The summed E-state index contributed by atoms with van der Waals surface area (Å²) in [6.07, 6.45) is 0.847. The molecule has 0 aliphatic heterocycles. The predicted octanol–water partition coefficient (Wildman–Crippen LogP) is 4.17. The molecule has 1 aliphatic rings. The van der Waals surface area contributed by atoms with Crippen LogP contribution < -0.4 is 10.6 Å². The van der Waals surface area contributed by atoms with E-state index >= 15 is 0 Å². The summed E-state index contributed by atoms with van der Waals surface area (Å²) in [5.41, 5.74) is 4.62. The lowest BCUT2D eigenvalue weighted by Crippen LogP contribution is -2.40. The molecule has 2 atom stereocenters. The van der Waals surface area contributed by atoms with Crippen LogP contribution in [0.1, 0.15) is 50.2 Å². The molecule has 0 radical (unpaired) electrons. The first-order chi connectivity index (χ1) is 15.9. The zero-order valence-corrected chi connectivity index (χ0v) is 19.2. The number of benzene rings is 2. The number of carboxylic acid groups (broad SMARTS) is 1. The molecule has 0 bridgehead atoms. The SMILES string of the molecule is CCCC(CNC(=O)OCC1c2ccccc2-c2ccccc21)C(=O)NCC(C)CC(=O)O. The van der Waals surface area contributed by atoms with Gasteiger partial charge in [-0.15, -0.1) is 0 Å². The molecule has 0 spiro atoms. The van der Waals surface area contributed by atoms with E-state index in [1.54, 1.807) is 6.92 Å². The normalized spacial score (nSPS) is 14.0. The summed E-state index contributed by atoms with van der Waals surface area (Å²) in [6, 6.07) is 16.3. The summed E-state index contributed by atoms with van der Waals surface area (Å²) in [7, 11) is 0. The average molecular weight is 453 g/mol. The van der Waals surface area contributed by atoms with Crippen molar-refractivity contribution < 1.29 is 24.2 Å². The van der Waals surface area contributed by atoms with Crippen LogP contribution in [0.4, 0.5) is 4.79 Å². The van der Waals surface area contributed by atoms with Gasteiger partial charge in [0.05, 0.1) is 5.92 Å². The number of fused-ring (bicyclic) bond motifs is 3. The molecule has 0 fully saturated rings. The van der Waals surface area contributed by atoms with Gasteiger partial charge in [-0.05, 0) is 34.6 Å². The molecule has 2 aromatic carbocycles. The standard InChI is InChI=1S/C26H32N2O5/c1-3-8-18(25(31)27-14-17(2)13-24(29)30)15-28-26(32)33-16-23-21-11-6-4-9-19(21)20-10-5-7-12-22(20)23/h4-7,9-12,17-18,23H,3,8,13-16H2,1-2H3,(H,27,31)(H,28,32)(H,29,30). The summed E-state index contributed by atoms with van der Waals surface area (Å²) in [6.45, 7) is 4.43. The lowest BCUT2D eigenvalue weighted by atomic mass is 9.98. The van der Waals surface area contributed by atoms with Crippen LogP contribution >= 0.6 is 0 Å². The van der Waals surface area contributed by atoms with Crippen LogP contribution in [0, 0.1) is 11.8 Å². The van der Waals surface area contributed by atoms with Crippen LogP contribution in [0.3, 0.4) is 0 Å². The Labute approximate surface area is 194 Å². The number of aliphatic carboxylic acids is 1. The van der Waals surface area contributed by atoms with Gasteiger partial charge in [0.25, 0.3) is 0 Å². The largest absolute Gasteiger partial charge is 0.481 e. The van der Waals surface area contributed by atoms with Gasteiger partial charge in [-0.25, -0.2) is 4.79 Å². The Hall–Kier alpha value is -3.35. The van der Waals surface area contributed by atoms with Crippen molar-refractivity contribution in [2.75, 3.05) is 19.7 Å². The van der Waals surface area contributed by atoms with Crippen molar-refractivity contribution >= 4 is 18.0 Å². The predicted molar refractivity (Wildman–Crippen MR) is 126 cm³/mol. The van der Waals surface area contributed by atoms with E-state index in [1.165, 1.54) is 11.1 Å². The fourth-order valence-corrected chi connectivity index (χ4v) is 4.32. The van der Waals surface area contributed by atoms with Gasteiger partial charge >= 0.3 is 12.1 Å². The monoisotopic (exact) mass is 452 g/mol. The summed E-state index contributed by atoms with van der Waals surface area (Å²) >= 11 is 0. The van der Waals surface area contributed by atoms with E-state index < -0.39 is 18.0 Å². The molecule has 2 aromatic rings. The van der Waals surface area contributed by atoms with Crippen LogP contribution in [0.2, 0.25) is 0 Å². The molecule has 3 N–H and O–H groups in total. The average Bonchev–Trinajstić information content (AvgIpc) is 3.12. The van der Waals surface area contributed by atoms with Crippen LogP contribution in [0.5, 0.6) is 0 Å². The van der Waals surface area contributed by atoms with Gasteiger partial charge in [-0.2, -0.15) is 0 Å². The van der Waals surface area contributed by atoms with Crippen molar-refractivity contribution in [1.29, 1.82) is 0 Å². The Morgan fingerprint density at radius 2 is 1.58 bits per heavy atom. The minimum atomic E-state index is -0.890.